The average Bonchev–Trinajstić information content (AvgIpc) is 2.59. The number of carbonyl (C=O) groups excluding carboxylic acids is 1. The van der Waals surface area contributed by atoms with Gasteiger partial charge in [-0.3, -0.25) is 4.79 Å². The van der Waals surface area contributed by atoms with Gasteiger partial charge < -0.3 is 15.5 Å². The van der Waals surface area contributed by atoms with Crippen LogP contribution >= 0.6 is 0 Å². The Hall–Kier alpha value is -2.68. The minimum Gasteiger partial charge on any atom is -0.354 e. The number of carbonyl (C=O) groups is 1. The van der Waals surface area contributed by atoms with E-state index in [4.69, 9.17) is 0 Å². The molecular weight excluding hydrogens is 335 g/mol. The van der Waals surface area contributed by atoms with Gasteiger partial charge in [0, 0.05) is 18.9 Å². The second kappa shape index (κ2) is 8.43. The number of aromatic nitrogens is 2. The Balaban J connectivity index is 1.95. The van der Waals surface area contributed by atoms with Gasteiger partial charge in [0.15, 0.2) is 17.5 Å². The van der Waals surface area contributed by atoms with Crippen LogP contribution in [-0.2, 0) is 0 Å². The highest BCUT2D eigenvalue weighted by Gasteiger charge is 2.16. The summed E-state index contributed by atoms with van der Waals surface area (Å²) in [5.41, 5.74) is -0.405. The lowest BCUT2D eigenvalue weighted by molar-refractivity contribution is 0.102. The van der Waals surface area contributed by atoms with Gasteiger partial charge in [-0.2, -0.15) is 0 Å². The fourth-order valence-corrected chi connectivity index (χ4v) is 1.95. The predicted octanol–water partition coefficient (Wildman–Crippen LogP) is 2.51. The standard InChI is InChI=1S/C16H18F3N5O/c1-24(2)7-3-6-20-16-21-8-10(9-22-16)15(25)23-12-5-4-11(17)13(18)14(12)19/h4-5,8-9H,3,6-7H2,1-2H3,(H,23,25)(H,20,21,22). The van der Waals surface area contributed by atoms with Gasteiger partial charge in [-0.05, 0) is 39.2 Å². The first-order valence-electron chi connectivity index (χ1n) is 7.54. The lowest BCUT2D eigenvalue weighted by atomic mass is 10.2. The number of hydrogen-bond donors (Lipinski definition) is 2. The van der Waals surface area contributed by atoms with Crippen LogP contribution in [0, 0.1) is 17.5 Å². The molecule has 9 heteroatoms. The molecule has 2 rings (SSSR count). The second-order valence-electron chi connectivity index (χ2n) is 5.56. The molecule has 0 unspecified atom stereocenters. The van der Waals surface area contributed by atoms with E-state index in [2.05, 4.69) is 20.6 Å². The molecule has 134 valence electrons. The summed E-state index contributed by atoms with van der Waals surface area (Å²) in [7, 11) is 3.94. The van der Waals surface area contributed by atoms with E-state index < -0.39 is 29.0 Å². The van der Waals surface area contributed by atoms with Crippen molar-refractivity contribution in [3.63, 3.8) is 0 Å². The number of anilines is 2. The monoisotopic (exact) mass is 353 g/mol. The largest absolute Gasteiger partial charge is 0.354 e. The molecule has 0 bridgehead atoms. The van der Waals surface area contributed by atoms with Crippen LogP contribution in [0.15, 0.2) is 24.5 Å². The van der Waals surface area contributed by atoms with Crippen LogP contribution in [0.1, 0.15) is 16.8 Å². The highest BCUT2D eigenvalue weighted by molar-refractivity contribution is 6.03. The summed E-state index contributed by atoms with van der Waals surface area (Å²) in [5, 5.41) is 5.16. The number of rotatable bonds is 7. The van der Waals surface area contributed by atoms with Gasteiger partial charge in [-0.15, -0.1) is 0 Å². The Labute approximate surface area is 143 Å². The number of hydrogen-bond acceptors (Lipinski definition) is 5. The molecule has 1 amide bonds. The van der Waals surface area contributed by atoms with Crippen LogP contribution in [0.5, 0.6) is 0 Å². The van der Waals surface area contributed by atoms with E-state index in [0.29, 0.717) is 12.5 Å². The molecule has 1 heterocycles. The number of amides is 1. The van der Waals surface area contributed by atoms with Crippen molar-refractivity contribution >= 4 is 17.5 Å². The molecule has 0 atom stereocenters. The van der Waals surface area contributed by atoms with Crippen LogP contribution in [-0.4, -0.2) is 48.0 Å². The second-order valence-corrected chi connectivity index (χ2v) is 5.56. The third-order valence-corrected chi connectivity index (χ3v) is 3.26. The topological polar surface area (TPSA) is 70.2 Å². The molecule has 2 aromatic rings. The lowest BCUT2D eigenvalue weighted by Gasteiger charge is -2.10. The normalized spacial score (nSPS) is 10.8. The zero-order valence-corrected chi connectivity index (χ0v) is 13.8. The fourth-order valence-electron chi connectivity index (χ4n) is 1.95. The van der Waals surface area contributed by atoms with E-state index in [1.54, 1.807) is 0 Å². The maximum atomic E-state index is 13.6. The van der Waals surface area contributed by atoms with Gasteiger partial charge in [0.2, 0.25) is 5.95 Å². The first-order chi connectivity index (χ1) is 11.9. The van der Waals surface area contributed by atoms with Gasteiger partial charge in [0.1, 0.15) is 0 Å². The van der Waals surface area contributed by atoms with E-state index in [-0.39, 0.29) is 5.56 Å². The van der Waals surface area contributed by atoms with Gasteiger partial charge >= 0.3 is 0 Å². The Morgan fingerprint density at radius 3 is 2.44 bits per heavy atom. The molecule has 0 aliphatic carbocycles. The van der Waals surface area contributed by atoms with E-state index in [0.717, 1.165) is 25.1 Å². The Bertz CT molecular complexity index is 737. The Kier molecular flexibility index (Phi) is 6.29. The van der Waals surface area contributed by atoms with Crippen molar-refractivity contribution in [3.8, 4) is 0 Å². The van der Waals surface area contributed by atoms with Crippen molar-refractivity contribution in [2.45, 2.75) is 6.42 Å². The zero-order chi connectivity index (χ0) is 18.4. The van der Waals surface area contributed by atoms with Crippen LogP contribution in [0.2, 0.25) is 0 Å². The fraction of sp³-hybridized carbons (Fsp3) is 0.312. The molecule has 1 aromatic heterocycles. The summed E-state index contributed by atoms with van der Waals surface area (Å²) in [5.74, 6) is -4.82. The molecule has 0 fully saturated rings. The van der Waals surface area contributed by atoms with Crippen molar-refractivity contribution in [2.24, 2.45) is 0 Å². The van der Waals surface area contributed by atoms with E-state index in [1.807, 2.05) is 19.0 Å². The predicted molar refractivity (Wildman–Crippen MR) is 88.0 cm³/mol. The summed E-state index contributed by atoms with van der Waals surface area (Å²) in [6, 6.07) is 1.67. The molecule has 0 aliphatic rings. The van der Waals surface area contributed by atoms with Gasteiger partial charge in [-0.1, -0.05) is 0 Å². The SMILES string of the molecule is CN(C)CCCNc1ncc(C(=O)Nc2ccc(F)c(F)c2F)cn1. The smallest absolute Gasteiger partial charge is 0.258 e. The number of nitrogens with zero attached hydrogens (tertiary/aromatic N) is 3. The number of benzene rings is 1. The summed E-state index contributed by atoms with van der Waals surface area (Å²) in [4.78, 5) is 22.0. The third-order valence-electron chi connectivity index (χ3n) is 3.26. The van der Waals surface area contributed by atoms with Gasteiger partial charge in [-0.25, -0.2) is 23.1 Å². The maximum Gasteiger partial charge on any atom is 0.258 e. The minimum atomic E-state index is -1.65. The third kappa shape index (κ3) is 5.15. The van der Waals surface area contributed by atoms with Crippen molar-refractivity contribution in [1.29, 1.82) is 0 Å². The van der Waals surface area contributed by atoms with Crippen LogP contribution < -0.4 is 10.6 Å². The summed E-state index contributed by atoms with van der Waals surface area (Å²) in [6.07, 6.45) is 3.41. The van der Waals surface area contributed by atoms with Crippen LogP contribution in [0.4, 0.5) is 24.8 Å². The van der Waals surface area contributed by atoms with Crippen molar-refractivity contribution in [1.82, 2.24) is 14.9 Å². The lowest BCUT2D eigenvalue weighted by Crippen LogP contribution is -2.17. The number of halogens is 3. The molecule has 2 N–H and O–H groups in total. The maximum absolute atomic E-state index is 13.6. The molecule has 0 aliphatic heterocycles. The molecule has 0 radical (unpaired) electrons. The molecule has 6 nitrogen and oxygen atoms in total. The van der Waals surface area contributed by atoms with Crippen LogP contribution in [0.25, 0.3) is 0 Å². The molecule has 25 heavy (non-hydrogen) atoms. The van der Waals surface area contributed by atoms with Gasteiger partial charge in [0.25, 0.3) is 5.91 Å². The average molecular weight is 353 g/mol. The summed E-state index contributed by atoms with van der Waals surface area (Å²) < 4.78 is 39.6. The minimum absolute atomic E-state index is 0.0583. The van der Waals surface area contributed by atoms with Crippen LogP contribution in [0.3, 0.4) is 0 Å². The first-order valence-corrected chi connectivity index (χ1v) is 7.54. The van der Waals surface area contributed by atoms with Crippen molar-refractivity contribution in [2.75, 3.05) is 37.8 Å². The van der Waals surface area contributed by atoms with Crippen molar-refractivity contribution < 1.29 is 18.0 Å². The van der Waals surface area contributed by atoms with Crippen molar-refractivity contribution in [3.05, 3.63) is 47.5 Å². The summed E-state index contributed by atoms with van der Waals surface area (Å²) in [6.45, 7) is 1.58. The zero-order valence-electron chi connectivity index (χ0n) is 13.8. The molecule has 0 saturated carbocycles. The quantitative estimate of drug-likeness (QED) is 0.591. The molecular formula is C16H18F3N5O. The van der Waals surface area contributed by atoms with E-state index >= 15 is 0 Å². The molecule has 0 spiro atoms. The number of nitrogens with one attached hydrogen (secondary N) is 2. The Morgan fingerprint density at radius 2 is 1.80 bits per heavy atom. The summed E-state index contributed by atoms with van der Waals surface area (Å²) >= 11 is 0. The molecule has 0 saturated heterocycles. The van der Waals surface area contributed by atoms with Gasteiger partial charge in [0.05, 0.1) is 11.3 Å². The van der Waals surface area contributed by atoms with E-state index in [9.17, 15) is 18.0 Å². The van der Waals surface area contributed by atoms with E-state index in [1.165, 1.54) is 12.4 Å². The Morgan fingerprint density at radius 1 is 1.12 bits per heavy atom. The molecule has 1 aromatic carbocycles. The highest BCUT2D eigenvalue weighted by atomic mass is 19.2. The highest BCUT2D eigenvalue weighted by Crippen LogP contribution is 2.20. The first kappa shape index (κ1) is 18.7.